The average Bonchev–Trinajstić information content (AvgIpc) is 2.77. The Kier molecular flexibility index (Phi) is 10.7. The van der Waals surface area contributed by atoms with Crippen molar-refractivity contribution >= 4 is 18.1 Å². The molecule has 0 saturated carbocycles. The van der Waals surface area contributed by atoms with Crippen molar-refractivity contribution in [3.8, 4) is 0 Å². The van der Waals surface area contributed by atoms with Crippen LogP contribution in [0.4, 0.5) is 5.69 Å². The van der Waals surface area contributed by atoms with Gasteiger partial charge in [-0.25, -0.2) is 0 Å². The van der Waals surface area contributed by atoms with Crippen LogP contribution < -0.4 is 4.90 Å². The summed E-state index contributed by atoms with van der Waals surface area (Å²) in [5.74, 6) is 0.545. The summed E-state index contributed by atoms with van der Waals surface area (Å²) in [6.07, 6.45) is 0. The smallest absolute Gasteiger partial charge is 0.188 e. The molecule has 0 aliphatic carbocycles. The van der Waals surface area contributed by atoms with Crippen molar-refractivity contribution in [3.63, 3.8) is 0 Å². The fourth-order valence-corrected chi connectivity index (χ4v) is 3.39. The fraction of sp³-hybridized carbons (Fsp3) is 0.500. The number of ether oxygens (including phenoxy) is 2. The van der Waals surface area contributed by atoms with Crippen LogP contribution in [0.3, 0.4) is 0 Å². The van der Waals surface area contributed by atoms with Gasteiger partial charge < -0.3 is 14.4 Å². The van der Waals surface area contributed by atoms with Gasteiger partial charge >= 0.3 is 0 Å². The van der Waals surface area contributed by atoms with Crippen LogP contribution in [0.2, 0.25) is 0 Å². The summed E-state index contributed by atoms with van der Waals surface area (Å²) in [6, 6.07) is 8.34. The van der Waals surface area contributed by atoms with Crippen LogP contribution in [0, 0.1) is 0 Å². The first kappa shape index (κ1) is 26.7. The van der Waals surface area contributed by atoms with Gasteiger partial charge in [-0.3, -0.25) is 9.89 Å². The van der Waals surface area contributed by atoms with Gasteiger partial charge in [0.05, 0.1) is 0 Å². The number of anilines is 1. The monoisotopic (exact) mass is 427 g/mol. The van der Waals surface area contributed by atoms with E-state index in [0.717, 1.165) is 37.3 Å². The zero-order chi connectivity index (χ0) is 23.6. The number of nitrogens with zero attached hydrogens (tertiary/aromatic N) is 3. The van der Waals surface area contributed by atoms with E-state index in [9.17, 15) is 0 Å². The SMILES string of the molecule is C=N/C(=C(/OCOC)C(=C)C(=C)C)c1cccc(N2CCN(C(C)(C)C)CC2)c1.CC. The molecule has 1 fully saturated rings. The third-order valence-corrected chi connectivity index (χ3v) is 5.20. The number of methoxy groups -OCH3 is 1. The second-order valence-corrected chi connectivity index (χ2v) is 8.34. The van der Waals surface area contributed by atoms with Crippen molar-refractivity contribution in [2.24, 2.45) is 4.99 Å². The molecule has 2 rings (SSSR count). The molecule has 0 atom stereocenters. The predicted molar refractivity (Wildman–Crippen MR) is 135 cm³/mol. The Morgan fingerprint density at radius 2 is 1.71 bits per heavy atom. The summed E-state index contributed by atoms with van der Waals surface area (Å²) < 4.78 is 10.9. The van der Waals surface area contributed by atoms with Crippen LogP contribution in [0.25, 0.3) is 5.70 Å². The third kappa shape index (κ3) is 7.37. The Labute approximate surface area is 189 Å². The highest BCUT2D eigenvalue weighted by Crippen LogP contribution is 2.31. The topological polar surface area (TPSA) is 37.3 Å². The number of allylic oxidation sites excluding steroid dienone is 1. The van der Waals surface area contributed by atoms with Gasteiger partial charge in [0.25, 0.3) is 0 Å². The summed E-state index contributed by atoms with van der Waals surface area (Å²) in [6.45, 7) is 28.7. The highest BCUT2D eigenvalue weighted by Gasteiger charge is 2.26. The van der Waals surface area contributed by atoms with Crippen molar-refractivity contribution < 1.29 is 9.47 Å². The van der Waals surface area contributed by atoms with Gasteiger partial charge in [-0.15, -0.1) is 0 Å². The first-order valence-electron chi connectivity index (χ1n) is 11.0. The summed E-state index contributed by atoms with van der Waals surface area (Å²) in [4.78, 5) is 9.20. The average molecular weight is 428 g/mol. The minimum Gasteiger partial charge on any atom is -0.465 e. The largest absolute Gasteiger partial charge is 0.465 e. The summed E-state index contributed by atoms with van der Waals surface area (Å²) >= 11 is 0. The van der Waals surface area contributed by atoms with Crippen molar-refractivity contribution in [1.82, 2.24) is 4.90 Å². The fourth-order valence-electron chi connectivity index (χ4n) is 3.39. The molecule has 0 unspecified atom stereocenters. The number of hydrogen-bond acceptors (Lipinski definition) is 5. The molecule has 1 heterocycles. The zero-order valence-corrected chi connectivity index (χ0v) is 20.6. The first-order valence-corrected chi connectivity index (χ1v) is 11.0. The maximum absolute atomic E-state index is 5.80. The van der Waals surface area contributed by atoms with Crippen molar-refractivity contribution in [1.29, 1.82) is 0 Å². The van der Waals surface area contributed by atoms with Gasteiger partial charge in [0.2, 0.25) is 0 Å². The minimum atomic E-state index is 0.106. The van der Waals surface area contributed by atoms with E-state index in [1.807, 2.05) is 32.9 Å². The summed E-state index contributed by atoms with van der Waals surface area (Å²) in [5, 5.41) is 0. The van der Waals surface area contributed by atoms with Crippen molar-refractivity contribution in [3.05, 3.63) is 59.9 Å². The van der Waals surface area contributed by atoms with Gasteiger partial charge in [0, 0.05) is 55.7 Å². The minimum absolute atomic E-state index is 0.106. The molecule has 1 aliphatic rings. The van der Waals surface area contributed by atoms with E-state index in [2.05, 4.69) is 67.6 Å². The predicted octanol–water partition coefficient (Wildman–Crippen LogP) is 5.76. The molecule has 0 aromatic heterocycles. The zero-order valence-electron chi connectivity index (χ0n) is 20.6. The summed E-state index contributed by atoms with van der Waals surface area (Å²) in [5.41, 5.74) is 4.45. The van der Waals surface area contributed by atoms with Crippen LogP contribution >= 0.6 is 0 Å². The Morgan fingerprint density at radius 1 is 1.10 bits per heavy atom. The normalized spacial score (nSPS) is 15.4. The number of benzene rings is 1. The van der Waals surface area contributed by atoms with E-state index in [1.165, 1.54) is 5.69 Å². The maximum Gasteiger partial charge on any atom is 0.188 e. The summed E-state index contributed by atoms with van der Waals surface area (Å²) in [7, 11) is 1.58. The molecule has 0 N–H and O–H groups in total. The number of aliphatic imine (C=N–C) groups is 1. The molecule has 0 bridgehead atoms. The number of rotatable bonds is 8. The standard InChI is InChI=1S/C24H35N3O2.C2H6/c1-18(2)19(3)23(29-17-28-8)22(25-7)20-10-9-11-21(16-20)26-12-14-27(15-13-26)24(4,5)6;1-2/h9-11,16H,1,3,7,12-15,17H2,2,4-6,8H3;1-2H3/b23-22+;. The van der Waals surface area contributed by atoms with E-state index >= 15 is 0 Å². The van der Waals surface area contributed by atoms with Gasteiger partial charge in [0.1, 0.15) is 5.70 Å². The first-order chi connectivity index (χ1) is 14.7. The van der Waals surface area contributed by atoms with Crippen molar-refractivity contribution in [2.45, 2.75) is 47.1 Å². The van der Waals surface area contributed by atoms with Gasteiger partial charge in [-0.05, 0) is 52.1 Å². The van der Waals surface area contributed by atoms with E-state index in [1.54, 1.807) is 7.11 Å². The quantitative estimate of drug-likeness (QED) is 0.229. The van der Waals surface area contributed by atoms with Gasteiger partial charge in [-0.2, -0.15) is 0 Å². The molecule has 5 nitrogen and oxygen atoms in total. The molecule has 0 amide bonds. The third-order valence-electron chi connectivity index (χ3n) is 5.20. The van der Waals surface area contributed by atoms with Gasteiger partial charge in [0.15, 0.2) is 12.6 Å². The molecule has 172 valence electrons. The van der Waals surface area contributed by atoms with Crippen molar-refractivity contribution in [2.75, 3.05) is 45.0 Å². The maximum atomic E-state index is 5.80. The molecule has 0 spiro atoms. The second-order valence-electron chi connectivity index (χ2n) is 8.34. The van der Waals surface area contributed by atoms with Crippen LogP contribution in [0.15, 0.2) is 59.3 Å². The van der Waals surface area contributed by atoms with Crippen LogP contribution in [-0.2, 0) is 9.47 Å². The Hall–Kier alpha value is -2.37. The van der Waals surface area contributed by atoms with Crippen LogP contribution in [0.1, 0.15) is 47.1 Å². The van der Waals surface area contributed by atoms with Gasteiger partial charge in [-0.1, -0.05) is 39.1 Å². The Bertz CT molecular complexity index is 782. The van der Waals surface area contributed by atoms with Crippen LogP contribution in [-0.4, -0.2) is 57.2 Å². The molecular formula is C26H41N3O2. The highest BCUT2D eigenvalue weighted by atomic mass is 16.7. The highest BCUT2D eigenvalue weighted by molar-refractivity contribution is 5.76. The number of piperazine rings is 1. The molecular weight excluding hydrogens is 386 g/mol. The Morgan fingerprint density at radius 3 is 2.19 bits per heavy atom. The number of hydrogen-bond donors (Lipinski definition) is 0. The Balaban J connectivity index is 0.00000233. The van der Waals surface area contributed by atoms with Crippen LogP contribution in [0.5, 0.6) is 0 Å². The van der Waals surface area contributed by atoms with E-state index < -0.39 is 0 Å². The second kappa shape index (κ2) is 12.5. The lowest BCUT2D eigenvalue weighted by Crippen LogP contribution is -2.53. The molecule has 1 saturated heterocycles. The molecule has 1 aromatic carbocycles. The lowest BCUT2D eigenvalue weighted by molar-refractivity contribution is 0.00947. The molecule has 1 aromatic rings. The molecule has 1 aliphatic heterocycles. The van der Waals surface area contributed by atoms with E-state index in [4.69, 9.17) is 9.47 Å². The lowest BCUT2D eigenvalue weighted by atomic mass is 10.0. The molecule has 0 radical (unpaired) electrons. The van der Waals surface area contributed by atoms with E-state index in [0.29, 0.717) is 17.0 Å². The lowest BCUT2D eigenvalue weighted by Gasteiger charge is -2.43. The molecule has 31 heavy (non-hydrogen) atoms. The van der Waals surface area contributed by atoms with E-state index in [-0.39, 0.29) is 12.3 Å². The molecule has 5 heteroatoms.